The van der Waals surface area contributed by atoms with Crippen molar-refractivity contribution in [3.63, 3.8) is 0 Å². The second-order valence-corrected chi connectivity index (χ2v) is 3.68. The average Bonchev–Trinajstić information content (AvgIpc) is 2.86. The fourth-order valence-corrected chi connectivity index (χ4v) is 1.72. The van der Waals surface area contributed by atoms with E-state index < -0.39 is 0 Å². The quantitative estimate of drug-likeness (QED) is 0.709. The summed E-state index contributed by atoms with van der Waals surface area (Å²) in [4.78, 5) is 0. The summed E-state index contributed by atoms with van der Waals surface area (Å²) in [6, 6.07) is 7.67. The Hall–Kier alpha value is -0.980. The minimum Gasteiger partial charge on any atom is -0.508 e. The Labute approximate surface area is 73.0 Å². The van der Waals surface area contributed by atoms with E-state index in [1.54, 1.807) is 6.07 Å². The molecule has 12 heavy (non-hydrogen) atoms. The molecule has 1 aliphatic carbocycles. The molecule has 1 aliphatic rings. The highest BCUT2D eigenvalue weighted by molar-refractivity contribution is 5.35. The van der Waals surface area contributed by atoms with Crippen LogP contribution in [0.2, 0.25) is 0 Å². The molecule has 0 aromatic heterocycles. The fraction of sp³-hybridized carbons (Fsp3) is 0.455. The maximum Gasteiger partial charge on any atom is 0.119 e. The number of aromatic hydroxyl groups is 1. The van der Waals surface area contributed by atoms with E-state index >= 15 is 0 Å². The summed E-state index contributed by atoms with van der Waals surface area (Å²) in [7, 11) is 0. The standard InChI is InChI=1S/C11H14O/c1-8(9-6-7-9)10-4-2-3-5-11(10)12/h2-5,8-9,12H,6-7H2,1H3. The number of hydrogen-bond donors (Lipinski definition) is 1. The lowest BCUT2D eigenvalue weighted by Crippen LogP contribution is -1.95. The largest absolute Gasteiger partial charge is 0.508 e. The van der Waals surface area contributed by atoms with E-state index in [1.165, 1.54) is 12.8 Å². The first-order valence-corrected chi connectivity index (χ1v) is 4.57. The van der Waals surface area contributed by atoms with E-state index in [0.717, 1.165) is 11.5 Å². The lowest BCUT2D eigenvalue weighted by molar-refractivity contribution is 0.458. The van der Waals surface area contributed by atoms with Crippen LogP contribution in [0, 0.1) is 5.92 Å². The van der Waals surface area contributed by atoms with Crippen LogP contribution < -0.4 is 0 Å². The normalized spacial score (nSPS) is 19.1. The van der Waals surface area contributed by atoms with Gasteiger partial charge in [-0.25, -0.2) is 0 Å². The summed E-state index contributed by atoms with van der Waals surface area (Å²) in [6.45, 7) is 2.20. The Morgan fingerprint density at radius 2 is 2.00 bits per heavy atom. The predicted molar refractivity (Wildman–Crippen MR) is 49.2 cm³/mol. The molecule has 0 bridgehead atoms. The molecule has 0 aliphatic heterocycles. The third-order valence-corrected chi connectivity index (χ3v) is 2.76. The predicted octanol–water partition coefficient (Wildman–Crippen LogP) is 2.91. The summed E-state index contributed by atoms with van der Waals surface area (Å²) in [5.41, 5.74) is 1.11. The highest BCUT2D eigenvalue weighted by Gasteiger charge is 2.29. The van der Waals surface area contributed by atoms with Crippen LogP contribution in [0.25, 0.3) is 0 Å². The molecular weight excluding hydrogens is 148 g/mol. The number of rotatable bonds is 2. The molecule has 1 saturated carbocycles. The van der Waals surface area contributed by atoms with Crippen LogP contribution >= 0.6 is 0 Å². The first-order valence-electron chi connectivity index (χ1n) is 4.57. The van der Waals surface area contributed by atoms with Gasteiger partial charge in [-0.3, -0.25) is 0 Å². The Morgan fingerprint density at radius 3 is 2.58 bits per heavy atom. The van der Waals surface area contributed by atoms with Crippen LogP contribution in [0.3, 0.4) is 0 Å². The summed E-state index contributed by atoms with van der Waals surface area (Å²) < 4.78 is 0. The molecule has 1 heteroatoms. The smallest absolute Gasteiger partial charge is 0.119 e. The molecule has 0 radical (unpaired) electrons. The molecule has 0 spiro atoms. The fourth-order valence-electron chi connectivity index (χ4n) is 1.72. The van der Waals surface area contributed by atoms with Gasteiger partial charge in [-0.05, 0) is 36.3 Å². The van der Waals surface area contributed by atoms with Crippen molar-refractivity contribution in [1.29, 1.82) is 0 Å². The highest BCUT2D eigenvalue weighted by atomic mass is 16.3. The lowest BCUT2D eigenvalue weighted by atomic mass is 9.96. The van der Waals surface area contributed by atoms with Gasteiger partial charge in [0, 0.05) is 0 Å². The molecule has 1 fully saturated rings. The van der Waals surface area contributed by atoms with E-state index in [4.69, 9.17) is 0 Å². The Kier molecular flexibility index (Phi) is 1.80. The Morgan fingerprint density at radius 1 is 1.33 bits per heavy atom. The molecule has 0 heterocycles. The van der Waals surface area contributed by atoms with Crippen LogP contribution in [0.4, 0.5) is 0 Å². The van der Waals surface area contributed by atoms with Crippen LogP contribution in [-0.2, 0) is 0 Å². The van der Waals surface area contributed by atoms with E-state index in [9.17, 15) is 5.11 Å². The van der Waals surface area contributed by atoms with Gasteiger partial charge in [-0.1, -0.05) is 25.1 Å². The van der Waals surface area contributed by atoms with Crippen LogP contribution in [-0.4, -0.2) is 5.11 Å². The third kappa shape index (κ3) is 1.31. The van der Waals surface area contributed by atoms with Gasteiger partial charge in [-0.2, -0.15) is 0 Å². The molecule has 1 N–H and O–H groups in total. The van der Waals surface area contributed by atoms with Crippen LogP contribution in [0.1, 0.15) is 31.2 Å². The summed E-state index contributed by atoms with van der Waals surface area (Å²) in [5, 5.41) is 9.56. The van der Waals surface area contributed by atoms with Gasteiger partial charge in [-0.15, -0.1) is 0 Å². The van der Waals surface area contributed by atoms with E-state index in [-0.39, 0.29) is 0 Å². The number of hydrogen-bond acceptors (Lipinski definition) is 1. The molecular formula is C11H14O. The minimum absolute atomic E-state index is 0.455. The molecule has 1 unspecified atom stereocenters. The maximum atomic E-state index is 9.56. The highest BCUT2D eigenvalue weighted by Crippen LogP contribution is 2.44. The number of benzene rings is 1. The second-order valence-electron chi connectivity index (χ2n) is 3.68. The topological polar surface area (TPSA) is 20.2 Å². The zero-order valence-corrected chi connectivity index (χ0v) is 7.33. The first kappa shape index (κ1) is 7.66. The third-order valence-electron chi connectivity index (χ3n) is 2.76. The van der Waals surface area contributed by atoms with Crippen molar-refractivity contribution in [2.75, 3.05) is 0 Å². The Bertz CT molecular complexity index is 276. The molecule has 1 aromatic carbocycles. The summed E-state index contributed by atoms with van der Waals surface area (Å²) in [5.74, 6) is 1.81. The van der Waals surface area contributed by atoms with E-state index in [1.807, 2.05) is 18.2 Å². The second kappa shape index (κ2) is 2.81. The molecule has 1 nitrogen and oxygen atoms in total. The number of para-hydroxylation sites is 1. The maximum absolute atomic E-state index is 9.56. The van der Waals surface area contributed by atoms with Crippen molar-refractivity contribution in [2.24, 2.45) is 5.92 Å². The molecule has 64 valence electrons. The van der Waals surface area contributed by atoms with Gasteiger partial charge in [0.1, 0.15) is 5.75 Å². The molecule has 1 atom stereocenters. The average molecular weight is 162 g/mol. The minimum atomic E-state index is 0.455. The molecule has 0 amide bonds. The van der Waals surface area contributed by atoms with Crippen molar-refractivity contribution in [3.05, 3.63) is 29.8 Å². The summed E-state index contributed by atoms with van der Waals surface area (Å²) in [6.07, 6.45) is 2.66. The number of phenols is 1. The van der Waals surface area contributed by atoms with E-state index in [2.05, 4.69) is 6.92 Å². The van der Waals surface area contributed by atoms with Crippen molar-refractivity contribution in [2.45, 2.75) is 25.7 Å². The Balaban J connectivity index is 2.25. The van der Waals surface area contributed by atoms with Crippen molar-refractivity contribution < 1.29 is 5.11 Å². The van der Waals surface area contributed by atoms with Gasteiger partial charge in [0.2, 0.25) is 0 Å². The van der Waals surface area contributed by atoms with Crippen LogP contribution in [0.15, 0.2) is 24.3 Å². The van der Waals surface area contributed by atoms with Crippen molar-refractivity contribution in [3.8, 4) is 5.75 Å². The van der Waals surface area contributed by atoms with Gasteiger partial charge < -0.3 is 5.11 Å². The lowest BCUT2D eigenvalue weighted by Gasteiger charge is -2.11. The van der Waals surface area contributed by atoms with Gasteiger partial charge in [0.25, 0.3) is 0 Å². The molecule has 1 aromatic rings. The number of phenolic OH excluding ortho intramolecular Hbond substituents is 1. The van der Waals surface area contributed by atoms with Crippen LogP contribution in [0.5, 0.6) is 5.75 Å². The van der Waals surface area contributed by atoms with Crippen molar-refractivity contribution >= 4 is 0 Å². The first-order chi connectivity index (χ1) is 5.79. The van der Waals surface area contributed by atoms with Gasteiger partial charge >= 0.3 is 0 Å². The summed E-state index contributed by atoms with van der Waals surface area (Å²) >= 11 is 0. The molecule has 2 rings (SSSR count). The molecule has 0 saturated heterocycles. The zero-order chi connectivity index (χ0) is 8.55. The SMILES string of the molecule is CC(c1ccccc1O)C1CC1. The van der Waals surface area contributed by atoms with Gasteiger partial charge in [0.15, 0.2) is 0 Å². The zero-order valence-electron chi connectivity index (χ0n) is 7.33. The van der Waals surface area contributed by atoms with Crippen molar-refractivity contribution in [1.82, 2.24) is 0 Å². The van der Waals surface area contributed by atoms with E-state index in [0.29, 0.717) is 11.7 Å². The monoisotopic (exact) mass is 162 g/mol. The van der Waals surface area contributed by atoms with Gasteiger partial charge in [0.05, 0.1) is 0 Å².